The Hall–Kier alpha value is -2.94. The van der Waals surface area contributed by atoms with Gasteiger partial charge in [-0.3, -0.25) is 4.79 Å². The number of nitrogens with zero attached hydrogens (tertiary/aromatic N) is 3. The topological polar surface area (TPSA) is 154 Å². The van der Waals surface area contributed by atoms with E-state index in [1.165, 1.54) is 25.5 Å². The summed E-state index contributed by atoms with van der Waals surface area (Å²) in [5.74, 6) is 5.46. The SMILES string of the molecule is [2H]OCC1OC(n2nc(C#CCNC(=O)NC)c3c(=O)[nH]cnc32)CC1O.[3H]C. The second-order valence-corrected chi connectivity index (χ2v) is 5.56. The normalized spacial score (nSPS) is 22.0. The fraction of sp³-hybridized carbons (Fsp3) is 0.500. The van der Waals surface area contributed by atoms with Crippen LogP contribution in [0.2, 0.25) is 0 Å². The molecule has 2 amide bonds. The molecule has 2 aromatic heterocycles. The van der Waals surface area contributed by atoms with Crippen molar-refractivity contribution in [3.05, 3.63) is 22.4 Å². The van der Waals surface area contributed by atoms with E-state index in [1.807, 2.05) is 0 Å². The number of urea groups is 1. The molecule has 0 aromatic carbocycles. The number of ether oxygens (including phenoxy) is 1. The molecular formula is C16H22N6O5. The number of aromatic nitrogens is 4. The Balaban J connectivity index is 0.00000145. The summed E-state index contributed by atoms with van der Waals surface area (Å²) in [7, 11) is 2.73. The Bertz CT molecular complexity index is 953. The van der Waals surface area contributed by atoms with Crippen molar-refractivity contribution < 1.29 is 21.1 Å². The van der Waals surface area contributed by atoms with Gasteiger partial charge in [-0.05, 0) is 5.92 Å². The monoisotopic (exact) mass is 381 g/mol. The average molecular weight is 381 g/mol. The molecule has 11 nitrogen and oxygen atoms in total. The summed E-state index contributed by atoms with van der Waals surface area (Å²) in [4.78, 5) is 30.0. The van der Waals surface area contributed by atoms with Crippen LogP contribution in [0.15, 0.2) is 11.1 Å². The second kappa shape index (κ2) is 8.63. The smallest absolute Gasteiger partial charge is 0.315 e. The van der Waals surface area contributed by atoms with Gasteiger partial charge in [0.05, 0.1) is 25.6 Å². The van der Waals surface area contributed by atoms with Crippen molar-refractivity contribution in [2.45, 2.75) is 32.3 Å². The zero-order chi connectivity index (χ0) is 21.4. The predicted octanol–water partition coefficient (Wildman–Crippen LogP) is -1.32. The number of H-pyrrole nitrogens is 1. The number of aliphatic hydroxyl groups excluding tert-OH is 2. The molecule has 0 aliphatic carbocycles. The molecule has 0 radical (unpaired) electrons. The number of fused-ring (bicyclic) bond motifs is 1. The Labute approximate surface area is 157 Å². The standard InChI is InChI=1S/C15H18N6O5.CH4/c1-16-15(25)17-4-2-3-8-12-13(18-7-19-14(12)24)21(20-8)11-5-9(23)10(6-22)26-11;/h7,9-11,22-23H,4-6H2,1H3,(H2,16,17,25)(H,18,19,24);1H4/i22D;1T. The van der Waals surface area contributed by atoms with E-state index in [4.69, 9.17) is 7.54 Å². The fourth-order valence-corrected chi connectivity index (χ4v) is 2.63. The minimum Gasteiger partial charge on any atom is -0.394 e. The van der Waals surface area contributed by atoms with E-state index in [0.29, 0.717) is 0 Å². The van der Waals surface area contributed by atoms with Crippen molar-refractivity contribution in [1.29, 1.82) is 1.43 Å². The van der Waals surface area contributed by atoms with Crippen LogP contribution in [0, 0.1) is 11.8 Å². The van der Waals surface area contributed by atoms with Gasteiger partial charge in [0.2, 0.25) is 1.43 Å². The van der Waals surface area contributed by atoms with Gasteiger partial charge in [-0.1, -0.05) is 13.3 Å². The third-order valence-electron chi connectivity index (χ3n) is 3.91. The molecule has 11 heteroatoms. The minimum absolute atomic E-state index is 0.0632. The van der Waals surface area contributed by atoms with Gasteiger partial charge in [0, 0.05) is 14.8 Å². The largest absolute Gasteiger partial charge is 0.394 e. The molecule has 0 bridgehead atoms. The lowest BCUT2D eigenvalue weighted by Crippen LogP contribution is -2.32. The quantitative estimate of drug-likeness (QED) is 0.411. The van der Waals surface area contributed by atoms with Gasteiger partial charge < -0.3 is 30.6 Å². The molecule has 3 heterocycles. The number of nitrogens with one attached hydrogen (secondary N) is 3. The molecule has 0 spiro atoms. The van der Waals surface area contributed by atoms with Crippen LogP contribution < -0.4 is 16.2 Å². The van der Waals surface area contributed by atoms with Gasteiger partial charge in [-0.2, -0.15) is 5.10 Å². The van der Waals surface area contributed by atoms with Crippen LogP contribution in [0.1, 0.15) is 27.1 Å². The highest BCUT2D eigenvalue weighted by atomic mass is 16.5. The summed E-state index contributed by atoms with van der Waals surface area (Å²) in [6, 6.07) is -0.379. The number of aromatic amines is 1. The maximum Gasteiger partial charge on any atom is 0.315 e. The summed E-state index contributed by atoms with van der Waals surface area (Å²) in [5.41, 5.74) is 0.0164. The van der Waals surface area contributed by atoms with Crippen LogP contribution >= 0.6 is 0 Å². The van der Waals surface area contributed by atoms with Crippen molar-refractivity contribution >= 4 is 17.1 Å². The van der Waals surface area contributed by atoms with Crippen molar-refractivity contribution in [1.82, 2.24) is 30.4 Å². The first-order chi connectivity index (χ1) is 14.0. The van der Waals surface area contributed by atoms with Gasteiger partial charge in [-0.15, -0.1) is 0 Å². The lowest BCUT2D eigenvalue weighted by molar-refractivity contribution is -0.0470. The van der Waals surface area contributed by atoms with E-state index < -0.39 is 24.0 Å². The maximum absolute atomic E-state index is 12.2. The predicted molar refractivity (Wildman–Crippen MR) is 95.8 cm³/mol. The highest BCUT2D eigenvalue weighted by molar-refractivity contribution is 5.80. The molecule has 1 fully saturated rings. The molecule has 3 rings (SSSR count). The summed E-state index contributed by atoms with van der Waals surface area (Å²) >= 11 is 0. The molecule has 3 unspecified atom stereocenters. The zero-order valence-electron chi connectivity index (χ0n) is 16.9. The van der Waals surface area contributed by atoms with Crippen LogP contribution in [-0.4, -0.2) is 69.8 Å². The summed E-state index contributed by atoms with van der Waals surface area (Å²) in [6.45, 7) is -0.0313. The lowest BCUT2D eigenvalue weighted by Gasteiger charge is -2.12. The summed E-state index contributed by atoms with van der Waals surface area (Å²) in [5, 5.41) is 23.7. The molecule has 3 atom stereocenters. The molecule has 1 saturated heterocycles. The van der Waals surface area contributed by atoms with Crippen LogP contribution in [-0.2, 0) is 4.74 Å². The summed E-state index contributed by atoms with van der Waals surface area (Å²) in [6.07, 6.45) is -0.766. The van der Waals surface area contributed by atoms with Crippen LogP contribution in [0.3, 0.4) is 0 Å². The molecule has 27 heavy (non-hydrogen) atoms. The summed E-state index contributed by atoms with van der Waals surface area (Å²) < 4.78 is 19.6. The van der Waals surface area contributed by atoms with E-state index in [2.05, 4.69) is 42.6 Å². The van der Waals surface area contributed by atoms with Crippen molar-refractivity contribution in [2.24, 2.45) is 0 Å². The Morgan fingerprint density at radius 1 is 1.70 bits per heavy atom. The number of carbonyl (C=O) groups excluding carboxylic acids is 1. The maximum atomic E-state index is 12.2. The number of rotatable bonds is 4. The van der Waals surface area contributed by atoms with E-state index in [9.17, 15) is 14.7 Å². The van der Waals surface area contributed by atoms with E-state index in [-0.39, 0.29) is 42.3 Å². The van der Waals surface area contributed by atoms with Crippen LogP contribution in [0.25, 0.3) is 11.0 Å². The molecule has 0 saturated carbocycles. The van der Waals surface area contributed by atoms with E-state index in [1.54, 1.807) is 0 Å². The van der Waals surface area contributed by atoms with Crippen molar-refractivity contribution in [3.63, 3.8) is 0 Å². The number of hydrogen-bond donors (Lipinski definition) is 5. The van der Waals surface area contributed by atoms with Crippen LogP contribution in [0.5, 0.6) is 0 Å². The lowest BCUT2D eigenvalue weighted by atomic mass is 10.2. The highest BCUT2D eigenvalue weighted by Crippen LogP contribution is 2.30. The highest BCUT2D eigenvalue weighted by Gasteiger charge is 2.36. The third kappa shape index (κ3) is 4.08. The second-order valence-electron chi connectivity index (χ2n) is 5.56. The number of carbonyl (C=O) groups is 1. The fourth-order valence-electron chi connectivity index (χ4n) is 2.63. The Morgan fingerprint density at radius 3 is 3.26 bits per heavy atom. The molecule has 5 N–H and O–H groups in total. The van der Waals surface area contributed by atoms with Gasteiger partial charge in [0.1, 0.15) is 11.5 Å². The van der Waals surface area contributed by atoms with Gasteiger partial charge in [0.15, 0.2) is 17.6 Å². The molecule has 146 valence electrons. The van der Waals surface area contributed by atoms with Crippen molar-refractivity contribution in [2.75, 3.05) is 20.2 Å². The molecule has 1 aliphatic heterocycles. The van der Waals surface area contributed by atoms with E-state index >= 15 is 0 Å². The molecular weight excluding hydrogens is 356 g/mol. The van der Waals surface area contributed by atoms with Gasteiger partial charge in [-0.25, -0.2) is 14.5 Å². The third-order valence-corrected chi connectivity index (χ3v) is 3.91. The minimum atomic E-state index is -0.840. The van der Waals surface area contributed by atoms with Gasteiger partial charge >= 0.3 is 6.03 Å². The molecule has 2 aromatic rings. The first-order valence-corrected chi connectivity index (χ1v) is 7.87. The number of amides is 2. The van der Waals surface area contributed by atoms with Crippen LogP contribution in [0.4, 0.5) is 4.79 Å². The number of aliphatic hydroxyl groups is 2. The van der Waals surface area contributed by atoms with Crippen molar-refractivity contribution in [3.8, 4) is 11.8 Å². The first kappa shape index (κ1) is 17.5. The Morgan fingerprint density at radius 2 is 2.52 bits per heavy atom. The Kier molecular flexibility index (Phi) is 5.58. The average Bonchev–Trinajstić information content (AvgIpc) is 3.28. The van der Waals surface area contributed by atoms with E-state index in [0.717, 1.165) is 0 Å². The zero-order valence-corrected chi connectivity index (χ0v) is 14.9. The number of hydrogen-bond acceptors (Lipinski definition) is 7. The van der Waals surface area contributed by atoms with Gasteiger partial charge in [0.25, 0.3) is 5.56 Å². The molecule has 1 aliphatic rings. The first-order valence-electron chi connectivity index (χ1n) is 9.28.